The average Bonchev–Trinajstić information content (AvgIpc) is 2.75. The third-order valence-corrected chi connectivity index (χ3v) is 6.80. The molecule has 0 aliphatic heterocycles. The topological polar surface area (TPSA) is 84.2 Å². The third-order valence-electron chi connectivity index (χ3n) is 5.31. The molecule has 2 aromatic rings. The Hall–Kier alpha value is -2.51. The largest absolute Gasteiger partial charge is 0.316 e. The molecule has 2 aromatic carbocycles. The van der Waals surface area contributed by atoms with E-state index in [1.807, 2.05) is 30.3 Å². The van der Waals surface area contributed by atoms with Crippen LogP contribution in [0.15, 0.2) is 79.9 Å². The number of rotatable bonds is 11. The maximum atomic E-state index is 12.9. The van der Waals surface area contributed by atoms with E-state index in [1.165, 1.54) is 11.6 Å². The summed E-state index contributed by atoms with van der Waals surface area (Å²) in [5.41, 5.74) is 7.53. The van der Waals surface area contributed by atoms with Gasteiger partial charge in [0.15, 0.2) is 0 Å². The van der Waals surface area contributed by atoms with Crippen molar-refractivity contribution >= 4 is 21.0 Å². The van der Waals surface area contributed by atoms with Crippen molar-refractivity contribution in [2.24, 2.45) is 11.7 Å². The van der Waals surface area contributed by atoms with Gasteiger partial charge in [-0.05, 0) is 35.1 Å². The summed E-state index contributed by atoms with van der Waals surface area (Å²) in [6.45, 7) is 11.6. The fraction of sp³-hybridized carbons (Fsp3) is 0.280. The molecule has 0 saturated carbocycles. The first-order valence-corrected chi connectivity index (χ1v) is 11.9. The zero-order chi connectivity index (χ0) is 22.9. The average molecular weight is 440 g/mol. The first-order chi connectivity index (χ1) is 14.8. The Labute approximate surface area is 186 Å². The van der Waals surface area contributed by atoms with Gasteiger partial charge >= 0.3 is 0 Å². The van der Waals surface area contributed by atoms with Gasteiger partial charge in [-0.3, -0.25) is 5.32 Å². The Kier molecular flexibility index (Phi) is 9.40. The van der Waals surface area contributed by atoms with E-state index >= 15 is 0 Å². The molecule has 0 bridgehead atoms. The van der Waals surface area contributed by atoms with Crippen LogP contribution in [0, 0.1) is 5.92 Å². The van der Waals surface area contributed by atoms with Gasteiger partial charge < -0.3 is 5.73 Å². The molecule has 31 heavy (non-hydrogen) atoms. The van der Waals surface area contributed by atoms with Gasteiger partial charge in [0.2, 0.25) is 10.0 Å². The number of nitrogens with two attached hydrogens (primary N) is 1. The van der Waals surface area contributed by atoms with Crippen LogP contribution in [0.1, 0.15) is 31.7 Å². The smallest absolute Gasteiger partial charge is 0.242 e. The zero-order valence-electron chi connectivity index (χ0n) is 18.3. The summed E-state index contributed by atoms with van der Waals surface area (Å²) in [6, 6.07) is 17.5. The first kappa shape index (κ1) is 24.8. The Balaban J connectivity index is 2.05. The number of allylic oxidation sites excluding steroid dienone is 1. The minimum Gasteiger partial charge on any atom is -0.316 e. The molecular weight excluding hydrogens is 406 g/mol. The van der Waals surface area contributed by atoms with Gasteiger partial charge in [0.25, 0.3) is 0 Å². The van der Waals surface area contributed by atoms with E-state index in [0.717, 1.165) is 11.6 Å². The normalized spacial score (nSPS) is 16.3. The first-order valence-electron chi connectivity index (χ1n) is 10.4. The van der Waals surface area contributed by atoms with E-state index in [1.54, 1.807) is 24.3 Å². The predicted octanol–water partition coefficient (Wildman–Crippen LogP) is 2.53. The van der Waals surface area contributed by atoms with Crippen LogP contribution in [-0.2, 0) is 10.0 Å². The summed E-state index contributed by atoms with van der Waals surface area (Å²) in [5.74, 6) is 0.518. The predicted molar refractivity (Wildman–Crippen MR) is 131 cm³/mol. The molecule has 2 rings (SSSR count). The van der Waals surface area contributed by atoms with Gasteiger partial charge in [-0.15, -0.1) is 0 Å². The lowest BCUT2D eigenvalue weighted by Crippen LogP contribution is -2.48. The van der Waals surface area contributed by atoms with Crippen molar-refractivity contribution < 1.29 is 8.42 Å². The number of benzene rings is 2. The maximum absolute atomic E-state index is 12.9. The molecule has 0 heterocycles. The minimum atomic E-state index is -3.78. The standard InChI is InChI=1S/C25H33N3O2S/c1-5-12-22-15-10-11-16-23(22)24(6-2)31(29,30)28-18-27-25(26)20(4)17-19(3)21-13-8-7-9-14-21/h5-16,19-20,25,27-28H,1-2,17-18,26H2,3-4H3/b22-12-,24-23+. The van der Waals surface area contributed by atoms with Crippen molar-refractivity contribution in [3.05, 3.63) is 95.9 Å². The summed E-state index contributed by atoms with van der Waals surface area (Å²) in [5, 5.41) is 4.41. The van der Waals surface area contributed by atoms with Crippen molar-refractivity contribution in [1.29, 1.82) is 0 Å². The van der Waals surface area contributed by atoms with Crippen LogP contribution in [0.5, 0.6) is 0 Å². The molecule has 5 nitrogen and oxygen atoms in total. The second-order valence-corrected chi connectivity index (χ2v) is 9.37. The molecular formula is C25H33N3O2S. The van der Waals surface area contributed by atoms with Gasteiger partial charge in [-0.2, -0.15) is 4.72 Å². The van der Waals surface area contributed by atoms with Crippen LogP contribution < -0.4 is 26.2 Å². The molecule has 0 aromatic heterocycles. The van der Waals surface area contributed by atoms with Gasteiger partial charge in [0.05, 0.1) is 17.7 Å². The second kappa shape index (κ2) is 11.8. The Morgan fingerprint density at radius 1 is 1.06 bits per heavy atom. The lowest BCUT2D eigenvalue weighted by molar-refractivity contribution is 0.347. The van der Waals surface area contributed by atoms with E-state index in [-0.39, 0.29) is 23.7 Å². The Bertz CT molecular complexity index is 1100. The monoisotopic (exact) mass is 439 g/mol. The van der Waals surface area contributed by atoms with Crippen LogP contribution in [0.25, 0.3) is 11.0 Å². The molecule has 0 aliphatic carbocycles. The number of hydrogen-bond donors (Lipinski definition) is 3. The number of nitrogens with one attached hydrogen (secondary N) is 2. The third kappa shape index (κ3) is 7.01. The molecule has 3 unspecified atom stereocenters. The van der Waals surface area contributed by atoms with Crippen LogP contribution >= 0.6 is 0 Å². The highest BCUT2D eigenvalue weighted by molar-refractivity contribution is 7.98. The SMILES string of the molecule is C=C/C=c1/cccc/c1=C(/C=C)S(=O)(=O)NCNC(N)C(C)CC(C)c1ccccc1. The van der Waals surface area contributed by atoms with Crippen molar-refractivity contribution in [1.82, 2.24) is 10.0 Å². The van der Waals surface area contributed by atoms with Gasteiger partial charge in [0, 0.05) is 5.22 Å². The fourth-order valence-corrected chi connectivity index (χ4v) is 4.64. The van der Waals surface area contributed by atoms with Crippen LogP contribution in [0.4, 0.5) is 0 Å². The highest BCUT2D eigenvalue weighted by Gasteiger charge is 2.19. The van der Waals surface area contributed by atoms with E-state index in [9.17, 15) is 8.42 Å². The lowest BCUT2D eigenvalue weighted by Gasteiger charge is -2.24. The quantitative estimate of drug-likeness (QED) is 0.470. The molecule has 4 N–H and O–H groups in total. The van der Waals surface area contributed by atoms with Crippen LogP contribution in [0.2, 0.25) is 0 Å². The molecule has 0 amide bonds. The number of sulfonamides is 1. The van der Waals surface area contributed by atoms with E-state index in [4.69, 9.17) is 5.73 Å². The van der Waals surface area contributed by atoms with Gasteiger partial charge in [-0.1, -0.05) is 93.8 Å². The molecule has 6 heteroatoms. The van der Waals surface area contributed by atoms with Gasteiger partial charge in [0.1, 0.15) is 0 Å². The highest BCUT2D eigenvalue weighted by Crippen LogP contribution is 2.23. The Morgan fingerprint density at radius 3 is 2.35 bits per heavy atom. The number of hydrogen-bond acceptors (Lipinski definition) is 4. The van der Waals surface area contributed by atoms with Crippen molar-refractivity contribution in [2.45, 2.75) is 32.4 Å². The van der Waals surface area contributed by atoms with Crippen molar-refractivity contribution in [2.75, 3.05) is 6.67 Å². The summed E-state index contributed by atoms with van der Waals surface area (Å²) in [6.07, 6.45) is 5.28. The fourth-order valence-electron chi connectivity index (χ4n) is 3.51. The van der Waals surface area contributed by atoms with Gasteiger partial charge in [-0.25, -0.2) is 8.42 Å². The highest BCUT2D eigenvalue weighted by atomic mass is 32.2. The summed E-state index contributed by atoms with van der Waals surface area (Å²) in [4.78, 5) is 0.113. The summed E-state index contributed by atoms with van der Waals surface area (Å²) >= 11 is 0. The van der Waals surface area contributed by atoms with E-state index < -0.39 is 10.0 Å². The van der Waals surface area contributed by atoms with E-state index in [2.05, 4.69) is 49.2 Å². The minimum absolute atomic E-state index is 0.0260. The van der Waals surface area contributed by atoms with Crippen molar-refractivity contribution in [3.63, 3.8) is 0 Å². The molecule has 0 saturated heterocycles. The van der Waals surface area contributed by atoms with E-state index in [0.29, 0.717) is 11.1 Å². The summed E-state index contributed by atoms with van der Waals surface area (Å²) < 4.78 is 28.4. The molecule has 3 atom stereocenters. The lowest BCUT2D eigenvalue weighted by atomic mass is 9.90. The molecule has 166 valence electrons. The van der Waals surface area contributed by atoms with Crippen LogP contribution in [-0.4, -0.2) is 21.3 Å². The van der Waals surface area contributed by atoms with Crippen LogP contribution in [0.3, 0.4) is 0 Å². The molecule has 0 fully saturated rings. The second-order valence-electron chi connectivity index (χ2n) is 7.64. The van der Waals surface area contributed by atoms with Crippen molar-refractivity contribution in [3.8, 4) is 0 Å². The Morgan fingerprint density at radius 2 is 1.71 bits per heavy atom. The zero-order valence-corrected chi connectivity index (χ0v) is 19.1. The molecule has 0 aliphatic rings. The molecule has 0 spiro atoms. The molecule has 0 radical (unpaired) electrons. The summed E-state index contributed by atoms with van der Waals surface area (Å²) in [7, 11) is -3.78. The maximum Gasteiger partial charge on any atom is 0.242 e.